The average Bonchev–Trinajstić information content (AvgIpc) is 2.44. The summed E-state index contributed by atoms with van der Waals surface area (Å²) in [6, 6.07) is 0. The summed E-state index contributed by atoms with van der Waals surface area (Å²) >= 11 is 3.32. The molecule has 0 aromatic carbocycles. The molecule has 0 saturated heterocycles. The van der Waals surface area contributed by atoms with Crippen molar-refractivity contribution in [2.45, 2.75) is 38.6 Å². The molecule has 0 atom stereocenters. The highest BCUT2D eigenvalue weighted by atomic mass is 79.9. The van der Waals surface area contributed by atoms with Crippen molar-refractivity contribution in [3.05, 3.63) is 21.0 Å². The van der Waals surface area contributed by atoms with Crippen LogP contribution in [0.15, 0.2) is 15.5 Å². The second-order valence-corrected chi connectivity index (χ2v) is 5.72. The molecule has 4 nitrogen and oxygen atoms in total. The largest absolute Gasteiger partial charge is 0.382 e. The van der Waals surface area contributed by atoms with E-state index in [1.165, 1.54) is 36.8 Å². The minimum absolute atomic E-state index is 0.188. The van der Waals surface area contributed by atoms with Crippen LogP contribution in [0.3, 0.4) is 0 Å². The van der Waals surface area contributed by atoms with Gasteiger partial charge in [0.15, 0.2) is 0 Å². The molecule has 0 bridgehead atoms. The van der Waals surface area contributed by atoms with Gasteiger partial charge in [0.25, 0.3) is 5.56 Å². The van der Waals surface area contributed by atoms with Crippen molar-refractivity contribution in [3.8, 4) is 12.3 Å². The molecule has 0 unspecified atom stereocenters. The lowest BCUT2D eigenvalue weighted by Gasteiger charge is -2.22. The molecule has 5 heteroatoms. The van der Waals surface area contributed by atoms with Gasteiger partial charge in [0.2, 0.25) is 0 Å². The van der Waals surface area contributed by atoms with Crippen molar-refractivity contribution in [1.29, 1.82) is 0 Å². The van der Waals surface area contributed by atoms with Gasteiger partial charge in [-0.2, -0.15) is 5.10 Å². The summed E-state index contributed by atoms with van der Waals surface area (Å²) < 4.78 is 1.78. The monoisotopic (exact) mass is 323 g/mol. The zero-order valence-electron chi connectivity index (χ0n) is 10.9. The van der Waals surface area contributed by atoms with Gasteiger partial charge < -0.3 is 5.32 Å². The Bertz CT molecular complexity index is 526. The van der Waals surface area contributed by atoms with E-state index in [4.69, 9.17) is 6.42 Å². The molecule has 1 aromatic rings. The van der Waals surface area contributed by atoms with Gasteiger partial charge in [-0.05, 0) is 34.7 Å². The number of aromatic nitrogens is 2. The summed E-state index contributed by atoms with van der Waals surface area (Å²) in [5.41, 5.74) is 0.565. The van der Waals surface area contributed by atoms with Gasteiger partial charge in [-0.15, -0.1) is 6.42 Å². The molecular formula is C14H18BrN3O. The van der Waals surface area contributed by atoms with Crippen molar-refractivity contribution in [3.63, 3.8) is 0 Å². The predicted octanol–water partition coefficient (Wildman–Crippen LogP) is 2.63. The number of hydrogen-bond donors (Lipinski definition) is 1. The molecule has 1 aliphatic carbocycles. The first kappa shape index (κ1) is 14.1. The Balaban J connectivity index is 2.02. The van der Waals surface area contributed by atoms with E-state index >= 15 is 0 Å². The number of rotatable bonds is 4. The first-order valence-electron chi connectivity index (χ1n) is 6.65. The maximum absolute atomic E-state index is 11.9. The summed E-state index contributed by atoms with van der Waals surface area (Å²) in [4.78, 5) is 11.9. The van der Waals surface area contributed by atoms with Gasteiger partial charge in [-0.3, -0.25) is 4.79 Å². The SMILES string of the molecule is C#CCn1ncc(NCC2CCCCC2)c(Br)c1=O. The fourth-order valence-corrected chi connectivity index (χ4v) is 2.88. The second-order valence-electron chi connectivity index (χ2n) is 4.92. The Hall–Kier alpha value is -1.28. The maximum atomic E-state index is 11.9. The van der Waals surface area contributed by atoms with E-state index in [0.29, 0.717) is 10.4 Å². The minimum atomic E-state index is -0.188. The van der Waals surface area contributed by atoms with Crippen LogP contribution in [0.25, 0.3) is 0 Å². The number of halogens is 1. The smallest absolute Gasteiger partial charge is 0.284 e. The number of nitrogens with zero attached hydrogens (tertiary/aromatic N) is 2. The molecule has 1 aromatic heterocycles. The first-order chi connectivity index (χ1) is 9.22. The summed E-state index contributed by atoms with van der Waals surface area (Å²) in [6.07, 6.45) is 13.4. The Morgan fingerprint density at radius 3 is 2.89 bits per heavy atom. The molecule has 0 radical (unpaired) electrons. The van der Waals surface area contributed by atoms with Crippen molar-refractivity contribution >= 4 is 21.6 Å². The fourth-order valence-electron chi connectivity index (χ4n) is 2.43. The number of nitrogens with one attached hydrogen (secondary N) is 1. The third-order valence-electron chi connectivity index (χ3n) is 3.53. The number of hydrogen-bond acceptors (Lipinski definition) is 3. The lowest BCUT2D eigenvalue weighted by molar-refractivity contribution is 0.373. The lowest BCUT2D eigenvalue weighted by atomic mass is 9.89. The third kappa shape index (κ3) is 3.60. The van der Waals surface area contributed by atoms with Crippen LogP contribution in [0.5, 0.6) is 0 Å². The van der Waals surface area contributed by atoms with E-state index < -0.39 is 0 Å². The van der Waals surface area contributed by atoms with Crippen LogP contribution in [0.2, 0.25) is 0 Å². The molecule has 0 aliphatic heterocycles. The third-order valence-corrected chi connectivity index (χ3v) is 4.30. The quantitative estimate of drug-likeness (QED) is 0.866. The van der Waals surface area contributed by atoms with Crippen molar-refractivity contribution < 1.29 is 0 Å². The van der Waals surface area contributed by atoms with Gasteiger partial charge in [0.05, 0.1) is 11.9 Å². The summed E-state index contributed by atoms with van der Waals surface area (Å²) in [5, 5.41) is 7.38. The summed E-state index contributed by atoms with van der Waals surface area (Å²) in [7, 11) is 0. The van der Waals surface area contributed by atoms with Crippen LogP contribution in [-0.4, -0.2) is 16.3 Å². The molecule has 1 saturated carbocycles. The lowest BCUT2D eigenvalue weighted by Crippen LogP contribution is -2.25. The van der Waals surface area contributed by atoms with Crippen LogP contribution in [0.1, 0.15) is 32.1 Å². The highest BCUT2D eigenvalue weighted by Crippen LogP contribution is 2.24. The van der Waals surface area contributed by atoms with Gasteiger partial charge in [0.1, 0.15) is 11.0 Å². The van der Waals surface area contributed by atoms with E-state index in [-0.39, 0.29) is 12.1 Å². The van der Waals surface area contributed by atoms with Crippen molar-refractivity contribution in [2.75, 3.05) is 11.9 Å². The maximum Gasteiger partial charge on any atom is 0.284 e. The van der Waals surface area contributed by atoms with Gasteiger partial charge in [0, 0.05) is 6.54 Å². The van der Waals surface area contributed by atoms with Crippen LogP contribution < -0.4 is 10.9 Å². The zero-order chi connectivity index (χ0) is 13.7. The van der Waals surface area contributed by atoms with Gasteiger partial charge in [-0.1, -0.05) is 25.2 Å². The minimum Gasteiger partial charge on any atom is -0.382 e. The second kappa shape index (κ2) is 6.76. The molecule has 102 valence electrons. The van der Waals surface area contributed by atoms with Crippen LogP contribution in [0, 0.1) is 18.3 Å². The van der Waals surface area contributed by atoms with Crippen LogP contribution in [0.4, 0.5) is 5.69 Å². The first-order valence-corrected chi connectivity index (χ1v) is 7.44. The van der Waals surface area contributed by atoms with Crippen LogP contribution in [-0.2, 0) is 6.54 Å². The topological polar surface area (TPSA) is 46.9 Å². The predicted molar refractivity (Wildman–Crippen MR) is 80.1 cm³/mol. The Morgan fingerprint density at radius 2 is 2.21 bits per heavy atom. The molecule has 19 heavy (non-hydrogen) atoms. The number of terminal acetylenes is 1. The number of anilines is 1. The van der Waals surface area contributed by atoms with Crippen molar-refractivity contribution in [2.24, 2.45) is 5.92 Å². The molecule has 1 aliphatic rings. The normalized spacial score (nSPS) is 16.0. The highest BCUT2D eigenvalue weighted by Gasteiger charge is 2.14. The van der Waals surface area contributed by atoms with E-state index in [1.807, 2.05) is 0 Å². The van der Waals surface area contributed by atoms with E-state index in [0.717, 1.165) is 12.2 Å². The Morgan fingerprint density at radius 1 is 1.47 bits per heavy atom. The van der Waals surface area contributed by atoms with Gasteiger partial charge in [-0.25, -0.2) is 4.68 Å². The standard InChI is InChI=1S/C14H18BrN3O/c1-2-8-18-14(19)13(15)12(10-17-18)16-9-11-6-4-3-5-7-11/h1,10-11,16H,3-9H2. The molecule has 2 rings (SSSR count). The average molecular weight is 324 g/mol. The molecule has 0 spiro atoms. The van der Waals surface area contributed by atoms with E-state index in [1.54, 1.807) is 6.20 Å². The molecular weight excluding hydrogens is 306 g/mol. The fraction of sp³-hybridized carbons (Fsp3) is 0.571. The molecule has 1 heterocycles. The summed E-state index contributed by atoms with van der Waals surface area (Å²) in [5.74, 6) is 3.12. The Kier molecular flexibility index (Phi) is 5.03. The Labute approximate surface area is 121 Å². The van der Waals surface area contributed by atoms with Crippen molar-refractivity contribution in [1.82, 2.24) is 9.78 Å². The zero-order valence-corrected chi connectivity index (χ0v) is 12.4. The van der Waals surface area contributed by atoms with Crippen LogP contribution >= 0.6 is 15.9 Å². The highest BCUT2D eigenvalue weighted by molar-refractivity contribution is 9.10. The molecule has 0 amide bonds. The van der Waals surface area contributed by atoms with E-state index in [9.17, 15) is 4.79 Å². The van der Waals surface area contributed by atoms with Gasteiger partial charge >= 0.3 is 0 Å². The molecule has 1 N–H and O–H groups in total. The van der Waals surface area contributed by atoms with E-state index in [2.05, 4.69) is 32.3 Å². The molecule has 1 fully saturated rings. The summed E-state index contributed by atoms with van der Waals surface area (Å²) in [6.45, 7) is 1.10.